The highest BCUT2D eigenvalue weighted by atomic mass is 16.5. The van der Waals surface area contributed by atoms with Crippen LogP contribution < -0.4 is 0 Å². The van der Waals surface area contributed by atoms with Crippen molar-refractivity contribution in [1.82, 2.24) is 4.90 Å². The minimum Gasteiger partial charge on any atom is -0.396 e. The van der Waals surface area contributed by atoms with Crippen LogP contribution in [0.2, 0.25) is 0 Å². The molecule has 0 spiro atoms. The molecule has 1 atom stereocenters. The molecule has 2 aliphatic rings. The number of hydrogen-bond donors (Lipinski definition) is 1. The van der Waals surface area contributed by atoms with Gasteiger partial charge in [-0.1, -0.05) is 25.7 Å². The van der Waals surface area contributed by atoms with Crippen LogP contribution in [0.5, 0.6) is 0 Å². The Balaban J connectivity index is 2.03. The number of carbonyl (C=O) groups excluding carboxylic acids is 1. The minimum atomic E-state index is 0.0874. The van der Waals surface area contributed by atoms with E-state index in [1.807, 2.05) is 4.90 Å². The third-order valence-corrected chi connectivity index (χ3v) is 3.90. The Morgan fingerprint density at radius 3 is 2.59 bits per heavy atom. The monoisotopic (exact) mass is 241 g/mol. The maximum absolute atomic E-state index is 12.0. The number of ether oxygens (including phenoxy) is 1. The van der Waals surface area contributed by atoms with Crippen molar-refractivity contribution in [3.05, 3.63) is 0 Å². The van der Waals surface area contributed by atoms with E-state index in [1.54, 1.807) is 0 Å². The molecule has 4 heteroatoms. The molecule has 17 heavy (non-hydrogen) atoms. The SMILES string of the molecule is O=C1COCC(CCO)N1C1CCCCCC1. The molecule has 1 unspecified atom stereocenters. The summed E-state index contributed by atoms with van der Waals surface area (Å²) >= 11 is 0. The van der Waals surface area contributed by atoms with E-state index in [-0.39, 0.29) is 25.2 Å². The number of rotatable bonds is 3. The Hall–Kier alpha value is -0.610. The van der Waals surface area contributed by atoms with Crippen LogP contribution in [0.1, 0.15) is 44.9 Å². The predicted octanol–water partition coefficient (Wildman–Crippen LogP) is 1.32. The lowest BCUT2D eigenvalue weighted by molar-refractivity contribution is -0.153. The van der Waals surface area contributed by atoms with E-state index >= 15 is 0 Å². The summed E-state index contributed by atoms with van der Waals surface area (Å²) < 4.78 is 5.30. The smallest absolute Gasteiger partial charge is 0.249 e. The molecular formula is C13H23NO3. The first-order valence-corrected chi connectivity index (χ1v) is 6.82. The van der Waals surface area contributed by atoms with E-state index in [0.29, 0.717) is 19.1 Å². The molecule has 1 amide bonds. The van der Waals surface area contributed by atoms with Crippen LogP contribution in [-0.4, -0.2) is 47.8 Å². The van der Waals surface area contributed by atoms with Crippen molar-refractivity contribution in [1.29, 1.82) is 0 Å². The van der Waals surface area contributed by atoms with E-state index in [9.17, 15) is 4.79 Å². The van der Waals surface area contributed by atoms with Gasteiger partial charge >= 0.3 is 0 Å². The predicted molar refractivity (Wildman–Crippen MR) is 64.6 cm³/mol. The van der Waals surface area contributed by atoms with Crippen LogP contribution in [0.15, 0.2) is 0 Å². The lowest BCUT2D eigenvalue weighted by Crippen LogP contribution is -2.54. The zero-order chi connectivity index (χ0) is 12.1. The molecule has 0 bridgehead atoms. The van der Waals surface area contributed by atoms with Crippen LogP contribution in [0.25, 0.3) is 0 Å². The van der Waals surface area contributed by atoms with Gasteiger partial charge in [0.15, 0.2) is 0 Å². The molecule has 1 saturated heterocycles. The number of carbonyl (C=O) groups is 1. The molecular weight excluding hydrogens is 218 g/mol. The quantitative estimate of drug-likeness (QED) is 0.758. The zero-order valence-corrected chi connectivity index (χ0v) is 10.4. The van der Waals surface area contributed by atoms with Gasteiger partial charge in [0.1, 0.15) is 6.61 Å². The molecule has 2 fully saturated rings. The van der Waals surface area contributed by atoms with Gasteiger partial charge in [-0.05, 0) is 19.3 Å². The highest BCUT2D eigenvalue weighted by molar-refractivity contribution is 5.78. The molecule has 0 aromatic heterocycles. The Kier molecular flexibility index (Phi) is 4.80. The molecule has 1 saturated carbocycles. The molecule has 98 valence electrons. The third-order valence-electron chi connectivity index (χ3n) is 3.90. The number of aliphatic hydroxyl groups is 1. The van der Waals surface area contributed by atoms with Crippen molar-refractivity contribution in [2.75, 3.05) is 19.8 Å². The van der Waals surface area contributed by atoms with Gasteiger partial charge in [0, 0.05) is 12.6 Å². The summed E-state index contributed by atoms with van der Waals surface area (Å²) in [6.45, 7) is 0.936. The van der Waals surface area contributed by atoms with E-state index < -0.39 is 0 Å². The number of amides is 1. The fourth-order valence-corrected chi connectivity index (χ4v) is 3.05. The van der Waals surface area contributed by atoms with Gasteiger partial charge < -0.3 is 14.7 Å². The summed E-state index contributed by atoms with van der Waals surface area (Å²) in [6.07, 6.45) is 7.91. The average molecular weight is 241 g/mol. The van der Waals surface area contributed by atoms with Gasteiger partial charge in [-0.15, -0.1) is 0 Å². The fourth-order valence-electron chi connectivity index (χ4n) is 3.05. The van der Waals surface area contributed by atoms with Gasteiger partial charge in [-0.2, -0.15) is 0 Å². The van der Waals surface area contributed by atoms with Gasteiger partial charge in [-0.25, -0.2) is 0 Å². The molecule has 1 N–H and O–H groups in total. The Labute approximate surface area is 103 Å². The van der Waals surface area contributed by atoms with Crippen molar-refractivity contribution >= 4 is 5.91 Å². The number of morpholine rings is 1. The molecule has 0 aromatic rings. The van der Waals surface area contributed by atoms with Crippen LogP contribution in [0.4, 0.5) is 0 Å². The highest BCUT2D eigenvalue weighted by Gasteiger charge is 2.33. The number of nitrogens with zero attached hydrogens (tertiary/aromatic N) is 1. The number of hydrogen-bond acceptors (Lipinski definition) is 3. The first-order valence-electron chi connectivity index (χ1n) is 6.82. The lowest BCUT2D eigenvalue weighted by Gasteiger charge is -2.40. The van der Waals surface area contributed by atoms with Gasteiger partial charge in [0.25, 0.3) is 0 Å². The highest BCUT2D eigenvalue weighted by Crippen LogP contribution is 2.26. The van der Waals surface area contributed by atoms with Gasteiger partial charge in [-0.3, -0.25) is 4.79 Å². The third kappa shape index (κ3) is 3.19. The minimum absolute atomic E-state index is 0.0874. The first-order chi connectivity index (χ1) is 8.33. The zero-order valence-electron chi connectivity index (χ0n) is 10.4. The van der Waals surface area contributed by atoms with Crippen LogP contribution in [0.3, 0.4) is 0 Å². The van der Waals surface area contributed by atoms with E-state index in [0.717, 1.165) is 12.8 Å². The van der Waals surface area contributed by atoms with Crippen molar-refractivity contribution < 1.29 is 14.6 Å². The maximum Gasteiger partial charge on any atom is 0.249 e. The molecule has 2 rings (SSSR count). The van der Waals surface area contributed by atoms with Crippen LogP contribution in [-0.2, 0) is 9.53 Å². The van der Waals surface area contributed by atoms with E-state index in [2.05, 4.69) is 0 Å². The Morgan fingerprint density at radius 2 is 1.94 bits per heavy atom. The second-order valence-corrected chi connectivity index (χ2v) is 5.13. The summed E-state index contributed by atoms with van der Waals surface area (Å²) in [4.78, 5) is 14.0. The largest absolute Gasteiger partial charge is 0.396 e. The average Bonchev–Trinajstić information content (AvgIpc) is 2.58. The summed E-state index contributed by atoms with van der Waals surface area (Å²) in [5, 5.41) is 9.08. The van der Waals surface area contributed by atoms with Gasteiger partial charge in [0.2, 0.25) is 5.91 Å². The van der Waals surface area contributed by atoms with Crippen molar-refractivity contribution in [2.24, 2.45) is 0 Å². The normalized spacial score (nSPS) is 28.2. The standard InChI is InChI=1S/C13H23NO3/c15-8-7-12-9-17-10-13(16)14(12)11-5-3-1-2-4-6-11/h11-12,15H,1-10H2. The second kappa shape index (κ2) is 6.36. The second-order valence-electron chi connectivity index (χ2n) is 5.13. The number of aliphatic hydroxyl groups excluding tert-OH is 1. The maximum atomic E-state index is 12.0. The Morgan fingerprint density at radius 1 is 1.24 bits per heavy atom. The van der Waals surface area contributed by atoms with E-state index in [1.165, 1.54) is 25.7 Å². The molecule has 1 aliphatic heterocycles. The first kappa shape index (κ1) is 12.8. The Bertz CT molecular complexity index is 247. The molecule has 0 aromatic carbocycles. The summed E-state index contributed by atoms with van der Waals surface area (Å²) in [7, 11) is 0. The van der Waals surface area contributed by atoms with Crippen molar-refractivity contribution in [3.63, 3.8) is 0 Å². The molecule has 0 radical (unpaired) electrons. The van der Waals surface area contributed by atoms with Crippen molar-refractivity contribution in [2.45, 2.75) is 57.0 Å². The summed E-state index contributed by atoms with van der Waals surface area (Å²) in [5.74, 6) is 0.113. The van der Waals surface area contributed by atoms with Crippen molar-refractivity contribution in [3.8, 4) is 0 Å². The molecule has 4 nitrogen and oxygen atoms in total. The van der Waals surface area contributed by atoms with E-state index in [4.69, 9.17) is 9.84 Å². The lowest BCUT2D eigenvalue weighted by atomic mass is 10.0. The van der Waals surface area contributed by atoms with Gasteiger partial charge in [0.05, 0.1) is 12.6 Å². The summed E-state index contributed by atoms with van der Waals surface area (Å²) in [5.41, 5.74) is 0. The topological polar surface area (TPSA) is 49.8 Å². The molecule has 1 aliphatic carbocycles. The van der Waals surface area contributed by atoms with Crippen LogP contribution in [0, 0.1) is 0 Å². The van der Waals surface area contributed by atoms with Crippen LogP contribution >= 0.6 is 0 Å². The summed E-state index contributed by atoms with van der Waals surface area (Å²) in [6, 6.07) is 0.467. The molecule has 1 heterocycles. The fraction of sp³-hybridized carbons (Fsp3) is 0.923.